The number of nitrogens with two attached hydrogens (primary N) is 1. The average Bonchev–Trinajstić information content (AvgIpc) is 3.01. The first-order valence-corrected chi connectivity index (χ1v) is 5.51. The van der Waals surface area contributed by atoms with Crippen molar-refractivity contribution in [3.05, 3.63) is 42.7 Å². The molecule has 0 saturated carbocycles. The predicted molar refractivity (Wildman–Crippen MR) is 68.0 cm³/mol. The second-order valence-electron chi connectivity index (χ2n) is 3.94. The van der Waals surface area contributed by atoms with Crippen LogP contribution in [0.2, 0.25) is 0 Å². The van der Waals surface area contributed by atoms with Crippen LogP contribution in [0.3, 0.4) is 0 Å². The lowest BCUT2D eigenvalue weighted by Crippen LogP contribution is -1.99. The topological polar surface area (TPSA) is 74.5 Å². The van der Waals surface area contributed by atoms with Crippen LogP contribution in [0.4, 0.5) is 5.82 Å². The molecule has 0 aliphatic rings. The minimum atomic E-state index is 0.624. The van der Waals surface area contributed by atoms with E-state index in [1.54, 1.807) is 21.8 Å². The lowest BCUT2D eigenvalue weighted by Gasteiger charge is -2.05. The first kappa shape index (κ1) is 10.5. The van der Waals surface area contributed by atoms with E-state index in [9.17, 15) is 0 Å². The number of nitrogens with zero attached hydrogens (tertiary/aromatic N) is 5. The molecule has 1 aromatic carbocycles. The maximum absolute atomic E-state index is 5.81. The minimum Gasteiger partial charge on any atom is -0.384 e. The number of nitrogen functional groups attached to an aromatic ring is 1. The lowest BCUT2D eigenvalue weighted by molar-refractivity contribution is 0.779. The van der Waals surface area contributed by atoms with Crippen molar-refractivity contribution in [1.82, 2.24) is 24.8 Å². The van der Waals surface area contributed by atoms with Crippen molar-refractivity contribution in [2.45, 2.75) is 0 Å². The van der Waals surface area contributed by atoms with Crippen LogP contribution in [0.15, 0.2) is 42.7 Å². The number of aromatic nitrogens is 5. The van der Waals surface area contributed by atoms with Gasteiger partial charge in [0.2, 0.25) is 0 Å². The van der Waals surface area contributed by atoms with Crippen molar-refractivity contribution >= 4 is 5.82 Å². The van der Waals surface area contributed by atoms with E-state index in [-0.39, 0.29) is 0 Å². The van der Waals surface area contributed by atoms with Gasteiger partial charge in [0.1, 0.15) is 5.82 Å². The van der Waals surface area contributed by atoms with Gasteiger partial charge in [-0.25, -0.2) is 4.68 Å². The Morgan fingerprint density at radius 2 is 2.06 bits per heavy atom. The van der Waals surface area contributed by atoms with Gasteiger partial charge in [-0.05, 0) is 6.07 Å². The van der Waals surface area contributed by atoms with Gasteiger partial charge in [0.25, 0.3) is 0 Å². The maximum atomic E-state index is 5.81. The molecule has 18 heavy (non-hydrogen) atoms. The summed E-state index contributed by atoms with van der Waals surface area (Å²) in [6, 6.07) is 9.71. The quantitative estimate of drug-likeness (QED) is 0.731. The van der Waals surface area contributed by atoms with E-state index in [2.05, 4.69) is 15.4 Å². The first-order chi connectivity index (χ1) is 8.75. The summed E-state index contributed by atoms with van der Waals surface area (Å²) < 4.78 is 3.35. The summed E-state index contributed by atoms with van der Waals surface area (Å²) in [7, 11) is 1.82. The molecule has 2 aromatic heterocycles. The third-order valence-corrected chi connectivity index (χ3v) is 2.77. The van der Waals surface area contributed by atoms with E-state index in [0.29, 0.717) is 5.82 Å². The van der Waals surface area contributed by atoms with Crippen LogP contribution in [-0.4, -0.2) is 24.8 Å². The molecule has 0 spiro atoms. The highest BCUT2D eigenvalue weighted by Gasteiger charge is 2.10. The molecule has 0 unspecified atom stereocenters. The molecule has 0 atom stereocenters. The van der Waals surface area contributed by atoms with Crippen LogP contribution in [0.25, 0.3) is 16.9 Å². The Balaban J connectivity index is 2.18. The van der Waals surface area contributed by atoms with E-state index < -0.39 is 0 Å². The number of rotatable bonds is 2. The highest BCUT2D eigenvalue weighted by molar-refractivity contribution is 5.71. The molecule has 0 aliphatic heterocycles. The van der Waals surface area contributed by atoms with Crippen LogP contribution < -0.4 is 5.73 Å². The highest BCUT2D eigenvalue weighted by atomic mass is 15.4. The fourth-order valence-electron chi connectivity index (χ4n) is 1.84. The highest BCUT2D eigenvalue weighted by Crippen LogP contribution is 2.25. The van der Waals surface area contributed by atoms with Crippen molar-refractivity contribution < 1.29 is 0 Å². The first-order valence-electron chi connectivity index (χ1n) is 5.51. The summed E-state index contributed by atoms with van der Waals surface area (Å²) in [6.07, 6.45) is 3.44. The summed E-state index contributed by atoms with van der Waals surface area (Å²) in [6.45, 7) is 0. The molecule has 0 fully saturated rings. The summed E-state index contributed by atoms with van der Waals surface area (Å²) in [4.78, 5) is 0. The van der Waals surface area contributed by atoms with Gasteiger partial charge in [-0.1, -0.05) is 23.4 Å². The van der Waals surface area contributed by atoms with Crippen LogP contribution in [0.1, 0.15) is 0 Å². The molecule has 3 rings (SSSR count). The zero-order chi connectivity index (χ0) is 12.5. The molecule has 0 radical (unpaired) electrons. The standard InChI is InChI=1S/C12H12N6/c1-17-12(13)8-10(15-17)9-4-2-3-5-11(9)18-7-6-14-16-18/h2-8H,13H2,1H3. The fourth-order valence-corrected chi connectivity index (χ4v) is 1.84. The summed E-state index contributed by atoms with van der Waals surface area (Å²) in [5, 5.41) is 12.2. The Kier molecular flexibility index (Phi) is 2.33. The Morgan fingerprint density at radius 1 is 1.22 bits per heavy atom. The van der Waals surface area contributed by atoms with Crippen molar-refractivity contribution in [2.75, 3.05) is 5.73 Å². The van der Waals surface area contributed by atoms with Crippen molar-refractivity contribution in [3.8, 4) is 16.9 Å². The van der Waals surface area contributed by atoms with Crippen LogP contribution in [0, 0.1) is 0 Å². The summed E-state index contributed by atoms with van der Waals surface area (Å²) in [5.74, 6) is 0.624. The van der Waals surface area contributed by atoms with Gasteiger partial charge in [-0.15, -0.1) is 5.10 Å². The number of hydrogen-bond acceptors (Lipinski definition) is 4. The molecule has 0 amide bonds. The van der Waals surface area contributed by atoms with Crippen LogP contribution in [0.5, 0.6) is 0 Å². The van der Waals surface area contributed by atoms with Gasteiger partial charge in [-0.2, -0.15) is 5.10 Å². The Hall–Kier alpha value is -2.63. The smallest absolute Gasteiger partial charge is 0.121 e. The van der Waals surface area contributed by atoms with Crippen molar-refractivity contribution in [3.63, 3.8) is 0 Å². The maximum Gasteiger partial charge on any atom is 0.121 e. The molecule has 90 valence electrons. The molecule has 6 nitrogen and oxygen atoms in total. The lowest BCUT2D eigenvalue weighted by atomic mass is 10.1. The van der Waals surface area contributed by atoms with Gasteiger partial charge < -0.3 is 5.73 Å². The van der Waals surface area contributed by atoms with Crippen molar-refractivity contribution in [1.29, 1.82) is 0 Å². The van der Waals surface area contributed by atoms with E-state index in [4.69, 9.17) is 5.73 Å². The largest absolute Gasteiger partial charge is 0.384 e. The van der Waals surface area contributed by atoms with Gasteiger partial charge in [-0.3, -0.25) is 4.68 Å². The number of anilines is 1. The van der Waals surface area contributed by atoms with E-state index in [1.807, 2.05) is 37.4 Å². The molecule has 0 bridgehead atoms. The van der Waals surface area contributed by atoms with Crippen molar-refractivity contribution in [2.24, 2.45) is 7.05 Å². The molecule has 2 N–H and O–H groups in total. The third-order valence-electron chi connectivity index (χ3n) is 2.77. The third kappa shape index (κ3) is 1.64. The monoisotopic (exact) mass is 240 g/mol. The van der Waals surface area contributed by atoms with Gasteiger partial charge in [0.15, 0.2) is 0 Å². The molecule has 0 aliphatic carbocycles. The Labute approximate surface area is 104 Å². The SMILES string of the molecule is Cn1nc(-c2ccccc2-n2ccnn2)cc1N. The minimum absolute atomic E-state index is 0.624. The zero-order valence-corrected chi connectivity index (χ0v) is 9.85. The molecule has 0 saturated heterocycles. The molecule has 6 heteroatoms. The van der Waals surface area contributed by atoms with Gasteiger partial charge in [0, 0.05) is 18.7 Å². The molecular weight excluding hydrogens is 228 g/mol. The van der Waals surface area contributed by atoms with Crippen LogP contribution in [-0.2, 0) is 7.05 Å². The fraction of sp³-hybridized carbons (Fsp3) is 0.0833. The molecular formula is C12H12N6. The predicted octanol–water partition coefficient (Wildman–Crippen LogP) is 1.25. The number of aryl methyl sites for hydroxylation is 1. The van der Waals surface area contributed by atoms with E-state index in [0.717, 1.165) is 16.9 Å². The Morgan fingerprint density at radius 3 is 2.72 bits per heavy atom. The Bertz CT molecular complexity index is 648. The average molecular weight is 240 g/mol. The van der Waals surface area contributed by atoms with E-state index in [1.165, 1.54) is 0 Å². The van der Waals surface area contributed by atoms with Gasteiger partial charge in [0.05, 0.1) is 23.8 Å². The number of benzene rings is 1. The van der Waals surface area contributed by atoms with E-state index >= 15 is 0 Å². The normalized spacial score (nSPS) is 10.7. The number of hydrogen-bond donors (Lipinski definition) is 1. The molecule has 2 heterocycles. The van der Waals surface area contributed by atoms with Crippen LogP contribution >= 0.6 is 0 Å². The zero-order valence-electron chi connectivity index (χ0n) is 9.85. The second kappa shape index (κ2) is 3.99. The second-order valence-corrected chi connectivity index (χ2v) is 3.94. The number of para-hydroxylation sites is 1. The summed E-state index contributed by atoms with van der Waals surface area (Å²) in [5.41, 5.74) is 8.52. The summed E-state index contributed by atoms with van der Waals surface area (Å²) >= 11 is 0. The van der Waals surface area contributed by atoms with Gasteiger partial charge >= 0.3 is 0 Å². The molecule has 3 aromatic rings.